The molecule has 1 aromatic carbocycles. The van der Waals surface area contributed by atoms with Gasteiger partial charge in [-0.05, 0) is 30.0 Å². The number of hydrogen-bond acceptors (Lipinski definition) is 3. The van der Waals surface area contributed by atoms with Crippen LogP contribution < -0.4 is 5.46 Å². The normalized spacial score (nSPS) is 11.1. The first-order valence-electron chi connectivity index (χ1n) is 7.17. The summed E-state index contributed by atoms with van der Waals surface area (Å²) in [5.41, 5.74) is 0.570. The van der Waals surface area contributed by atoms with Gasteiger partial charge in [0.15, 0.2) is 0 Å². The Bertz CT molecular complexity index is 482. The molecule has 0 saturated carbocycles. The monoisotopic (exact) mass is 311 g/mol. The highest BCUT2D eigenvalue weighted by atomic mass is 35.5. The maximum atomic E-state index is 12.6. The largest absolute Gasteiger partial charge is 0.489 e. The summed E-state index contributed by atoms with van der Waals surface area (Å²) >= 11 is 5.90. The fourth-order valence-corrected chi connectivity index (χ4v) is 2.39. The van der Waals surface area contributed by atoms with E-state index in [1.54, 1.807) is 11.0 Å². The molecule has 0 radical (unpaired) electrons. The van der Waals surface area contributed by atoms with Crippen molar-refractivity contribution in [2.24, 2.45) is 11.8 Å². The first kappa shape index (κ1) is 18.0. The third-order valence-corrected chi connectivity index (χ3v) is 3.32. The summed E-state index contributed by atoms with van der Waals surface area (Å²) in [4.78, 5) is 14.4. The second kappa shape index (κ2) is 7.83. The van der Waals surface area contributed by atoms with E-state index in [1.165, 1.54) is 12.1 Å². The van der Waals surface area contributed by atoms with Crippen molar-refractivity contribution in [1.29, 1.82) is 0 Å². The summed E-state index contributed by atoms with van der Waals surface area (Å²) in [5, 5.41) is 18.8. The Morgan fingerprint density at radius 3 is 2.14 bits per heavy atom. The second-order valence-corrected chi connectivity index (χ2v) is 6.51. The van der Waals surface area contributed by atoms with Gasteiger partial charge in [-0.1, -0.05) is 39.3 Å². The van der Waals surface area contributed by atoms with Gasteiger partial charge in [-0.2, -0.15) is 0 Å². The molecular formula is C15H23BClNO3. The Balaban J connectivity index is 3.05. The number of benzene rings is 1. The average molecular weight is 312 g/mol. The minimum atomic E-state index is -1.69. The van der Waals surface area contributed by atoms with Crippen LogP contribution in [0.25, 0.3) is 0 Å². The topological polar surface area (TPSA) is 60.8 Å². The van der Waals surface area contributed by atoms with E-state index in [2.05, 4.69) is 27.7 Å². The van der Waals surface area contributed by atoms with Crippen molar-refractivity contribution in [3.8, 4) is 0 Å². The zero-order valence-electron chi connectivity index (χ0n) is 13.0. The highest BCUT2D eigenvalue weighted by molar-refractivity contribution is 6.62. The lowest BCUT2D eigenvalue weighted by Gasteiger charge is -2.26. The zero-order chi connectivity index (χ0) is 16.2. The van der Waals surface area contributed by atoms with Crippen molar-refractivity contribution in [1.82, 2.24) is 4.90 Å². The Hall–Kier alpha value is -1.04. The van der Waals surface area contributed by atoms with E-state index < -0.39 is 7.12 Å². The Morgan fingerprint density at radius 2 is 1.71 bits per heavy atom. The van der Waals surface area contributed by atoms with Crippen LogP contribution in [0.1, 0.15) is 38.1 Å². The van der Waals surface area contributed by atoms with Crippen molar-refractivity contribution in [2.45, 2.75) is 27.7 Å². The molecule has 1 amide bonds. The van der Waals surface area contributed by atoms with Gasteiger partial charge < -0.3 is 14.9 Å². The molecule has 0 atom stereocenters. The van der Waals surface area contributed by atoms with Crippen LogP contribution in [-0.4, -0.2) is 41.1 Å². The molecule has 116 valence electrons. The zero-order valence-corrected chi connectivity index (χ0v) is 13.8. The summed E-state index contributed by atoms with van der Waals surface area (Å²) in [6.07, 6.45) is 0. The van der Waals surface area contributed by atoms with Crippen molar-refractivity contribution < 1.29 is 14.8 Å². The van der Waals surface area contributed by atoms with E-state index in [9.17, 15) is 14.8 Å². The van der Waals surface area contributed by atoms with Crippen LogP contribution >= 0.6 is 11.6 Å². The van der Waals surface area contributed by atoms with Crippen LogP contribution in [-0.2, 0) is 0 Å². The van der Waals surface area contributed by atoms with Gasteiger partial charge in [-0.15, -0.1) is 0 Å². The Morgan fingerprint density at radius 1 is 1.19 bits per heavy atom. The van der Waals surface area contributed by atoms with E-state index >= 15 is 0 Å². The maximum Gasteiger partial charge on any atom is 0.489 e. The maximum absolute atomic E-state index is 12.6. The lowest BCUT2D eigenvalue weighted by molar-refractivity contribution is 0.0715. The Kier molecular flexibility index (Phi) is 6.71. The standard InChI is InChI=1S/C15H23BClNO3/c1-10(2)8-18(9-11(3)4)15(19)12-5-6-14(17)13(7-12)16(20)21/h5-7,10-11,20-21H,8-9H2,1-4H3. The molecule has 0 fully saturated rings. The van der Waals surface area contributed by atoms with E-state index in [0.29, 0.717) is 30.5 Å². The average Bonchev–Trinajstić information content (AvgIpc) is 2.36. The molecule has 2 N–H and O–H groups in total. The molecule has 21 heavy (non-hydrogen) atoms. The van der Waals surface area contributed by atoms with Gasteiger partial charge in [0, 0.05) is 29.1 Å². The summed E-state index contributed by atoms with van der Waals surface area (Å²) in [7, 11) is -1.69. The molecule has 4 nitrogen and oxygen atoms in total. The van der Waals surface area contributed by atoms with Gasteiger partial charge in [0.1, 0.15) is 0 Å². The minimum Gasteiger partial charge on any atom is -0.423 e. The predicted molar refractivity (Wildman–Crippen MR) is 86.9 cm³/mol. The lowest BCUT2D eigenvalue weighted by atomic mass is 9.79. The highest BCUT2D eigenvalue weighted by Gasteiger charge is 2.22. The quantitative estimate of drug-likeness (QED) is 0.787. The molecular weight excluding hydrogens is 288 g/mol. The second-order valence-electron chi connectivity index (χ2n) is 6.11. The van der Waals surface area contributed by atoms with Crippen molar-refractivity contribution in [3.05, 3.63) is 28.8 Å². The van der Waals surface area contributed by atoms with Crippen molar-refractivity contribution in [3.63, 3.8) is 0 Å². The smallest absolute Gasteiger partial charge is 0.423 e. The summed E-state index contributed by atoms with van der Waals surface area (Å²) in [6, 6.07) is 4.58. The van der Waals surface area contributed by atoms with Gasteiger partial charge in [0.25, 0.3) is 5.91 Å². The first-order valence-corrected chi connectivity index (χ1v) is 7.55. The molecule has 0 heterocycles. The minimum absolute atomic E-state index is 0.115. The van der Waals surface area contributed by atoms with Gasteiger partial charge in [-0.25, -0.2) is 0 Å². The fourth-order valence-electron chi connectivity index (χ4n) is 2.18. The molecule has 1 rings (SSSR count). The molecule has 0 aliphatic heterocycles. The van der Waals surface area contributed by atoms with E-state index in [4.69, 9.17) is 11.6 Å². The molecule has 0 aromatic heterocycles. The summed E-state index contributed by atoms with van der Waals surface area (Å²) in [6.45, 7) is 9.57. The van der Waals surface area contributed by atoms with Crippen LogP contribution in [0.4, 0.5) is 0 Å². The van der Waals surface area contributed by atoms with Gasteiger partial charge in [0.2, 0.25) is 0 Å². The number of amides is 1. The summed E-state index contributed by atoms with van der Waals surface area (Å²) < 4.78 is 0. The van der Waals surface area contributed by atoms with Crippen molar-refractivity contribution in [2.75, 3.05) is 13.1 Å². The third kappa shape index (κ3) is 5.34. The molecule has 1 aromatic rings. The summed E-state index contributed by atoms with van der Waals surface area (Å²) in [5.74, 6) is 0.613. The molecule has 0 spiro atoms. The molecule has 0 aliphatic rings. The van der Waals surface area contributed by atoms with Crippen LogP contribution in [0.3, 0.4) is 0 Å². The molecule has 0 unspecified atom stereocenters. The van der Waals surface area contributed by atoms with E-state index in [-0.39, 0.29) is 16.4 Å². The number of nitrogens with zero attached hydrogens (tertiary/aromatic N) is 1. The first-order chi connectivity index (χ1) is 9.72. The number of rotatable bonds is 6. The lowest BCUT2D eigenvalue weighted by Crippen LogP contribution is -2.38. The highest BCUT2D eigenvalue weighted by Crippen LogP contribution is 2.13. The Labute approximate surface area is 131 Å². The number of halogens is 1. The van der Waals surface area contributed by atoms with E-state index in [1.807, 2.05) is 0 Å². The molecule has 0 saturated heterocycles. The number of hydrogen-bond donors (Lipinski definition) is 2. The van der Waals surface area contributed by atoms with Gasteiger partial charge in [-0.3, -0.25) is 4.79 Å². The van der Waals surface area contributed by atoms with Gasteiger partial charge in [0.05, 0.1) is 0 Å². The van der Waals surface area contributed by atoms with Crippen LogP contribution in [0.2, 0.25) is 5.02 Å². The molecule has 6 heteroatoms. The van der Waals surface area contributed by atoms with Crippen LogP contribution in [0.5, 0.6) is 0 Å². The van der Waals surface area contributed by atoms with Crippen molar-refractivity contribution >= 4 is 30.1 Å². The molecule has 0 aliphatic carbocycles. The fraction of sp³-hybridized carbons (Fsp3) is 0.533. The van der Waals surface area contributed by atoms with Crippen LogP contribution in [0, 0.1) is 11.8 Å². The van der Waals surface area contributed by atoms with Crippen LogP contribution in [0.15, 0.2) is 18.2 Å². The molecule has 0 bridgehead atoms. The van der Waals surface area contributed by atoms with Gasteiger partial charge >= 0.3 is 7.12 Å². The SMILES string of the molecule is CC(C)CN(CC(C)C)C(=O)c1ccc(Cl)c(B(O)O)c1. The van der Waals surface area contributed by atoms with E-state index in [0.717, 1.165) is 0 Å². The predicted octanol–water partition coefficient (Wildman–Crippen LogP) is 1.77. The number of carbonyl (C=O) groups is 1. The number of carbonyl (C=O) groups excluding carboxylic acids is 1. The third-order valence-electron chi connectivity index (χ3n) is 2.98.